The number of carbonyl (C=O) groups excluding carboxylic acids is 3. The van der Waals surface area contributed by atoms with Crippen LogP contribution < -0.4 is 9.64 Å². The van der Waals surface area contributed by atoms with Crippen LogP contribution in [0.15, 0.2) is 42.5 Å². The zero-order valence-electron chi connectivity index (χ0n) is 26.5. The third-order valence-electron chi connectivity index (χ3n) is 9.66. The number of likely N-dealkylation sites (tertiary alicyclic amines) is 1. The first-order valence-electron chi connectivity index (χ1n) is 16.3. The highest BCUT2D eigenvalue weighted by Gasteiger charge is 2.44. The molecular weight excluding hydrogens is 554 g/mol. The SMILES string of the molecule is Cc1ccc2nc([C@H](CC3CCN(C(=O)C(C)C)CC3)N3C(=O)CN(c4ccc(OC5CCCCC5)cc4)C3=O)n(C)c2c1. The number of aryl methyl sites for hydroxylation is 2. The monoisotopic (exact) mass is 599 g/mol. The number of fused-ring (bicyclic) bond motifs is 1. The molecule has 0 radical (unpaired) electrons. The van der Waals surface area contributed by atoms with E-state index in [1.807, 2.05) is 73.7 Å². The highest BCUT2D eigenvalue weighted by molar-refractivity contribution is 6.12. The van der Waals surface area contributed by atoms with Gasteiger partial charge in [0, 0.05) is 31.7 Å². The van der Waals surface area contributed by atoms with Crippen molar-refractivity contribution in [2.24, 2.45) is 18.9 Å². The lowest BCUT2D eigenvalue weighted by Gasteiger charge is -2.36. The predicted molar refractivity (Wildman–Crippen MR) is 170 cm³/mol. The number of carbonyl (C=O) groups is 3. The Morgan fingerprint density at radius 3 is 2.36 bits per heavy atom. The Hall–Kier alpha value is -3.88. The molecule has 3 aliphatic rings. The Morgan fingerprint density at radius 2 is 1.68 bits per heavy atom. The molecule has 44 heavy (non-hydrogen) atoms. The molecular formula is C35H45N5O4. The normalized spacial score (nSPS) is 19.4. The van der Waals surface area contributed by atoms with Crippen molar-refractivity contribution in [3.63, 3.8) is 0 Å². The van der Waals surface area contributed by atoms with Gasteiger partial charge in [0.25, 0.3) is 5.91 Å². The maximum Gasteiger partial charge on any atom is 0.332 e. The van der Waals surface area contributed by atoms with Crippen LogP contribution in [-0.2, 0) is 16.6 Å². The molecule has 9 heteroatoms. The van der Waals surface area contributed by atoms with Crippen molar-refractivity contribution < 1.29 is 19.1 Å². The summed E-state index contributed by atoms with van der Waals surface area (Å²) in [5, 5.41) is 0. The third kappa shape index (κ3) is 6.06. The van der Waals surface area contributed by atoms with E-state index in [0.717, 1.165) is 48.0 Å². The Labute approximate surface area is 260 Å². The van der Waals surface area contributed by atoms with Crippen molar-refractivity contribution >= 4 is 34.6 Å². The number of rotatable bonds is 8. The van der Waals surface area contributed by atoms with E-state index in [0.29, 0.717) is 31.0 Å². The Kier molecular flexibility index (Phi) is 8.65. The molecule has 0 bridgehead atoms. The Bertz CT molecular complexity index is 1520. The van der Waals surface area contributed by atoms with E-state index in [1.165, 1.54) is 24.2 Å². The van der Waals surface area contributed by atoms with Gasteiger partial charge >= 0.3 is 6.03 Å². The summed E-state index contributed by atoms with van der Waals surface area (Å²) in [6.45, 7) is 7.30. The Balaban J connectivity index is 1.25. The maximum atomic E-state index is 14.1. The van der Waals surface area contributed by atoms with Gasteiger partial charge < -0.3 is 14.2 Å². The first-order chi connectivity index (χ1) is 21.2. The molecule has 1 aliphatic carbocycles. The second-order valence-corrected chi connectivity index (χ2v) is 13.2. The van der Waals surface area contributed by atoms with Gasteiger partial charge in [0.15, 0.2) is 0 Å². The number of imide groups is 1. The van der Waals surface area contributed by atoms with Crippen LogP contribution in [0.4, 0.5) is 10.5 Å². The van der Waals surface area contributed by atoms with Crippen molar-refractivity contribution in [1.29, 1.82) is 0 Å². The molecule has 3 fully saturated rings. The fourth-order valence-corrected chi connectivity index (χ4v) is 7.12. The lowest BCUT2D eigenvalue weighted by molar-refractivity contribution is -0.135. The first-order valence-corrected chi connectivity index (χ1v) is 16.3. The summed E-state index contributed by atoms with van der Waals surface area (Å²) in [6, 6.07) is 12.9. The van der Waals surface area contributed by atoms with E-state index in [2.05, 4.69) is 6.07 Å². The zero-order chi connectivity index (χ0) is 31.0. The van der Waals surface area contributed by atoms with E-state index < -0.39 is 6.04 Å². The molecule has 6 rings (SSSR count). The molecule has 1 atom stereocenters. The van der Waals surface area contributed by atoms with Gasteiger partial charge in [0.2, 0.25) is 5.91 Å². The molecule has 1 aromatic heterocycles. The zero-order valence-corrected chi connectivity index (χ0v) is 26.5. The van der Waals surface area contributed by atoms with Crippen molar-refractivity contribution in [1.82, 2.24) is 19.4 Å². The highest BCUT2D eigenvalue weighted by atomic mass is 16.5. The topological polar surface area (TPSA) is 88.0 Å². The minimum Gasteiger partial charge on any atom is -0.490 e. The molecule has 4 amide bonds. The highest BCUT2D eigenvalue weighted by Crippen LogP contribution is 2.37. The summed E-state index contributed by atoms with van der Waals surface area (Å²) in [5.41, 5.74) is 3.63. The molecule has 3 heterocycles. The molecule has 2 saturated heterocycles. The second-order valence-electron chi connectivity index (χ2n) is 13.2. The molecule has 2 aliphatic heterocycles. The number of nitrogens with zero attached hydrogens (tertiary/aromatic N) is 5. The number of benzene rings is 2. The minimum atomic E-state index is -0.510. The number of aromatic nitrogens is 2. The Morgan fingerprint density at radius 1 is 0.977 bits per heavy atom. The van der Waals surface area contributed by atoms with E-state index in [1.54, 1.807) is 4.90 Å². The van der Waals surface area contributed by atoms with Gasteiger partial charge in [0.05, 0.1) is 23.2 Å². The summed E-state index contributed by atoms with van der Waals surface area (Å²) >= 11 is 0. The molecule has 0 N–H and O–H groups in total. The molecule has 9 nitrogen and oxygen atoms in total. The van der Waals surface area contributed by atoms with Crippen LogP contribution in [0.25, 0.3) is 11.0 Å². The van der Waals surface area contributed by atoms with Crippen LogP contribution >= 0.6 is 0 Å². The number of anilines is 1. The number of imidazole rings is 1. The van der Waals surface area contributed by atoms with Crippen LogP contribution in [0.3, 0.4) is 0 Å². The van der Waals surface area contributed by atoms with Gasteiger partial charge in [-0.25, -0.2) is 9.78 Å². The number of amides is 4. The van der Waals surface area contributed by atoms with Gasteiger partial charge in [-0.1, -0.05) is 26.3 Å². The van der Waals surface area contributed by atoms with Crippen LogP contribution in [-0.4, -0.2) is 62.9 Å². The van der Waals surface area contributed by atoms with Gasteiger partial charge in [-0.2, -0.15) is 0 Å². The number of hydrogen-bond donors (Lipinski definition) is 0. The van der Waals surface area contributed by atoms with Crippen molar-refractivity contribution in [3.8, 4) is 5.75 Å². The fourth-order valence-electron chi connectivity index (χ4n) is 7.12. The lowest BCUT2D eigenvalue weighted by atomic mass is 9.89. The number of urea groups is 1. The average Bonchev–Trinajstić information content (AvgIpc) is 3.51. The predicted octanol–water partition coefficient (Wildman–Crippen LogP) is 6.39. The second kappa shape index (κ2) is 12.6. The smallest absolute Gasteiger partial charge is 0.332 e. The molecule has 0 unspecified atom stereocenters. The maximum absolute atomic E-state index is 14.1. The minimum absolute atomic E-state index is 0.0114. The number of piperidine rings is 1. The van der Waals surface area contributed by atoms with Gasteiger partial charge in [-0.15, -0.1) is 0 Å². The first kappa shape index (κ1) is 30.2. The van der Waals surface area contributed by atoms with E-state index >= 15 is 0 Å². The van der Waals surface area contributed by atoms with Gasteiger partial charge in [-0.3, -0.25) is 19.4 Å². The third-order valence-corrected chi connectivity index (χ3v) is 9.66. The molecule has 3 aromatic rings. The standard InChI is InChI=1S/C35H45N5O4/c1-23(2)34(42)38-18-16-25(17-19-38)21-31(33-36-29-15-10-24(3)20-30(29)37(33)4)40-32(41)22-39(35(40)43)26-11-13-28(14-12-26)44-27-8-6-5-7-9-27/h10-15,20,23,25,27,31H,5-9,16-19,21-22H2,1-4H3/t31-/m0/s1. The summed E-state index contributed by atoms with van der Waals surface area (Å²) in [7, 11) is 1.97. The largest absolute Gasteiger partial charge is 0.490 e. The van der Waals surface area contributed by atoms with Gasteiger partial charge in [0.1, 0.15) is 18.1 Å². The van der Waals surface area contributed by atoms with Crippen molar-refractivity contribution in [2.45, 2.75) is 84.3 Å². The fraction of sp³-hybridized carbons (Fsp3) is 0.543. The molecule has 1 saturated carbocycles. The quantitative estimate of drug-likeness (QED) is 0.280. The van der Waals surface area contributed by atoms with Crippen LogP contribution in [0.1, 0.15) is 82.6 Å². The number of hydrogen-bond acceptors (Lipinski definition) is 5. The average molecular weight is 600 g/mol. The summed E-state index contributed by atoms with van der Waals surface area (Å²) in [4.78, 5) is 50.3. The number of ether oxygens (including phenoxy) is 1. The molecule has 234 valence electrons. The summed E-state index contributed by atoms with van der Waals surface area (Å²) < 4.78 is 8.22. The van der Waals surface area contributed by atoms with E-state index in [-0.39, 0.29) is 42.3 Å². The summed E-state index contributed by atoms with van der Waals surface area (Å²) in [5.74, 6) is 1.70. The summed E-state index contributed by atoms with van der Waals surface area (Å²) in [6.07, 6.45) is 8.34. The molecule has 2 aromatic carbocycles. The lowest BCUT2D eigenvalue weighted by Crippen LogP contribution is -2.42. The van der Waals surface area contributed by atoms with Crippen molar-refractivity contribution in [3.05, 3.63) is 53.9 Å². The van der Waals surface area contributed by atoms with Crippen LogP contribution in [0.2, 0.25) is 0 Å². The van der Waals surface area contributed by atoms with Crippen LogP contribution in [0.5, 0.6) is 5.75 Å². The van der Waals surface area contributed by atoms with E-state index in [9.17, 15) is 14.4 Å². The van der Waals surface area contributed by atoms with Crippen LogP contribution in [0, 0.1) is 18.8 Å². The van der Waals surface area contributed by atoms with E-state index in [4.69, 9.17) is 9.72 Å². The van der Waals surface area contributed by atoms with Crippen molar-refractivity contribution in [2.75, 3.05) is 24.5 Å². The van der Waals surface area contributed by atoms with Gasteiger partial charge in [-0.05, 0) is 99.7 Å². The molecule has 0 spiro atoms.